The number of nitrogens with zero attached hydrogens (tertiary/aromatic N) is 3. The number of benzene rings is 1. The van der Waals surface area contributed by atoms with Crippen molar-refractivity contribution >= 4 is 11.6 Å². The van der Waals surface area contributed by atoms with Gasteiger partial charge in [0.2, 0.25) is 5.91 Å². The van der Waals surface area contributed by atoms with E-state index in [-0.39, 0.29) is 11.8 Å². The summed E-state index contributed by atoms with van der Waals surface area (Å²) >= 11 is 0. The quantitative estimate of drug-likeness (QED) is 0.229. The van der Waals surface area contributed by atoms with Gasteiger partial charge in [0.05, 0.1) is 18.9 Å². The number of anilines is 1. The van der Waals surface area contributed by atoms with E-state index in [0.717, 1.165) is 78.8 Å². The standard InChI is InChI=1S/C36H51N3O3/c1-25(2)34(42-7)16-11-27(5)29-14-12-28(13-15-29)23-38(35(40)30-17-19-36(6,41)20-18-30)33-10-8-9-31(21-33)32-22-37-39(24-32)26(3)4/h8-11,16,21-22,24,26,28-30,41H,5,12-15,17-20,23H2,1-4,6-7H3/b16-11-. The summed E-state index contributed by atoms with van der Waals surface area (Å²) in [6, 6.07) is 8.66. The molecule has 4 rings (SSSR count). The van der Waals surface area contributed by atoms with Crippen LogP contribution in [-0.2, 0) is 9.53 Å². The molecule has 42 heavy (non-hydrogen) atoms. The van der Waals surface area contributed by atoms with Gasteiger partial charge in [-0.25, -0.2) is 0 Å². The van der Waals surface area contributed by atoms with Crippen LogP contribution in [0.15, 0.2) is 72.3 Å². The average Bonchev–Trinajstić information content (AvgIpc) is 3.47. The maximum absolute atomic E-state index is 14.1. The Morgan fingerprint density at radius 2 is 1.81 bits per heavy atom. The summed E-state index contributed by atoms with van der Waals surface area (Å²) in [5, 5.41) is 15.0. The Hall–Kier alpha value is -3.12. The van der Waals surface area contributed by atoms with E-state index >= 15 is 0 Å². The molecule has 2 saturated carbocycles. The monoisotopic (exact) mass is 573 g/mol. The Kier molecular flexibility index (Phi) is 10.5. The zero-order valence-corrected chi connectivity index (χ0v) is 26.6. The van der Waals surface area contributed by atoms with Gasteiger partial charge < -0.3 is 14.7 Å². The molecule has 0 bridgehead atoms. The lowest BCUT2D eigenvalue weighted by Gasteiger charge is -2.37. The smallest absolute Gasteiger partial charge is 0.230 e. The van der Waals surface area contributed by atoms with E-state index in [1.807, 2.05) is 37.7 Å². The molecule has 228 valence electrons. The van der Waals surface area contributed by atoms with Gasteiger partial charge in [-0.15, -0.1) is 0 Å². The van der Waals surface area contributed by atoms with Crippen molar-refractivity contribution in [3.8, 4) is 11.1 Å². The molecule has 0 radical (unpaired) electrons. The molecule has 0 unspecified atom stereocenters. The minimum absolute atomic E-state index is 0.0520. The van der Waals surface area contributed by atoms with Crippen LogP contribution in [0.2, 0.25) is 0 Å². The van der Waals surface area contributed by atoms with Crippen LogP contribution in [0.1, 0.15) is 92.0 Å². The second kappa shape index (κ2) is 13.9. The molecule has 1 aromatic carbocycles. The number of hydrogen-bond donors (Lipinski definition) is 1. The van der Waals surface area contributed by atoms with Crippen molar-refractivity contribution in [2.75, 3.05) is 18.6 Å². The van der Waals surface area contributed by atoms with Crippen molar-refractivity contribution in [2.24, 2.45) is 17.8 Å². The molecular formula is C36H51N3O3. The van der Waals surface area contributed by atoms with Crippen molar-refractivity contribution < 1.29 is 14.6 Å². The van der Waals surface area contributed by atoms with Crippen molar-refractivity contribution in [2.45, 2.75) is 97.6 Å². The molecule has 0 aliphatic heterocycles. The predicted molar refractivity (Wildman–Crippen MR) is 172 cm³/mol. The molecule has 1 heterocycles. The zero-order chi connectivity index (χ0) is 30.4. The van der Waals surface area contributed by atoms with E-state index in [1.165, 1.54) is 0 Å². The number of carbonyl (C=O) groups excluding carboxylic acids is 1. The third-order valence-electron chi connectivity index (χ3n) is 9.27. The molecule has 0 atom stereocenters. The molecule has 1 N–H and O–H groups in total. The van der Waals surface area contributed by atoms with Gasteiger partial charge in [0, 0.05) is 36.0 Å². The molecule has 2 aromatic rings. The summed E-state index contributed by atoms with van der Waals surface area (Å²) in [7, 11) is 1.71. The highest BCUT2D eigenvalue weighted by atomic mass is 16.5. The lowest BCUT2D eigenvalue weighted by Crippen LogP contribution is -2.43. The van der Waals surface area contributed by atoms with Crippen LogP contribution in [0.3, 0.4) is 0 Å². The number of carbonyl (C=O) groups is 1. The lowest BCUT2D eigenvalue weighted by molar-refractivity contribution is -0.125. The fraction of sp³-hybridized carbons (Fsp3) is 0.556. The normalized spacial score (nSPS) is 24.5. The van der Waals surface area contributed by atoms with Gasteiger partial charge in [-0.3, -0.25) is 9.48 Å². The topological polar surface area (TPSA) is 67.6 Å². The molecule has 0 spiro atoms. The van der Waals surface area contributed by atoms with Crippen molar-refractivity contribution in [3.63, 3.8) is 0 Å². The van der Waals surface area contributed by atoms with Crippen molar-refractivity contribution in [1.82, 2.24) is 9.78 Å². The van der Waals surface area contributed by atoms with Crippen LogP contribution >= 0.6 is 0 Å². The molecule has 2 aliphatic rings. The second-order valence-electron chi connectivity index (χ2n) is 13.3. The average molecular weight is 574 g/mol. The molecule has 2 fully saturated rings. The number of allylic oxidation sites excluding steroid dienone is 4. The number of ether oxygens (including phenoxy) is 1. The highest BCUT2D eigenvalue weighted by Gasteiger charge is 2.36. The molecule has 0 saturated heterocycles. The molecule has 1 aromatic heterocycles. The first-order valence-electron chi connectivity index (χ1n) is 15.7. The highest BCUT2D eigenvalue weighted by molar-refractivity contribution is 5.95. The third-order valence-corrected chi connectivity index (χ3v) is 9.27. The number of amides is 1. The van der Waals surface area contributed by atoms with Crippen LogP contribution in [0.25, 0.3) is 11.1 Å². The number of aromatic nitrogens is 2. The van der Waals surface area contributed by atoms with Gasteiger partial charge in [0.15, 0.2) is 0 Å². The number of hydrogen-bond acceptors (Lipinski definition) is 4. The Balaban J connectivity index is 1.50. The van der Waals surface area contributed by atoms with E-state index in [0.29, 0.717) is 30.7 Å². The summed E-state index contributed by atoms with van der Waals surface area (Å²) in [4.78, 5) is 16.2. The highest BCUT2D eigenvalue weighted by Crippen LogP contribution is 2.38. The minimum atomic E-state index is -0.664. The van der Waals surface area contributed by atoms with Gasteiger partial charge in [0.1, 0.15) is 5.76 Å². The van der Waals surface area contributed by atoms with Crippen LogP contribution in [-0.4, -0.2) is 40.0 Å². The summed E-state index contributed by atoms with van der Waals surface area (Å²) in [5.74, 6) is 1.93. The first-order chi connectivity index (χ1) is 20.0. The van der Waals surface area contributed by atoms with Gasteiger partial charge in [-0.1, -0.05) is 30.4 Å². The Labute approximate surface area is 253 Å². The van der Waals surface area contributed by atoms with Gasteiger partial charge in [0.25, 0.3) is 0 Å². The van der Waals surface area contributed by atoms with Crippen molar-refractivity contribution in [3.05, 3.63) is 72.3 Å². The maximum Gasteiger partial charge on any atom is 0.230 e. The summed E-state index contributed by atoms with van der Waals surface area (Å²) in [5.41, 5.74) is 4.72. The fourth-order valence-electron chi connectivity index (χ4n) is 6.38. The summed E-state index contributed by atoms with van der Waals surface area (Å²) in [6.07, 6.45) is 15.2. The van der Waals surface area contributed by atoms with E-state index < -0.39 is 5.60 Å². The van der Waals surface area contributed by atoms with Crippen LogP contribution in [0.4, 0.5) is 5.69 Å². The molecule has 6 nitrogen and oxygen atoms in total. The van der Waals surface area contributed by atoms with E-state index in [4.69, 9.17) is 4.74 Å². The first-order valence-corrected chi connectivity index (χ1v) is 15.7. The molecular weight excluding hydrogens is 522 g/mol. The first kappa shape index (κ1) is 31.8. The Morgan fingerprint density at radius 3 is 2.40 bits per heavy atom. The number of aliphatic hydroxyl groups is 1. The molecule has 1 amide bonds. The van der Waals surface area contributed by atoms with Gasteiger partial charge in [-0.05, 0) is 127 Å². The van der Waals surface area contributed by atoms with Crippen LogP contribution < -0.4 is 4.90 Å². The molecule has 2 aliphatic carbocycles. The van der Waals surface area contributed by atoms with E-state index in [1.54, 1.807) is 7.11 Å². The zero-order valence-electron chi connectivity index (χ0n) is 26.6. The number of methoxy groups -OCH3 is 1. The summed E-state index contributed by atoms with van der Waals surface area (Å²) < 4.78 is 7.45. The molecule has 6 heteroatoms. The Morgan fingerprint density at radius 1 is 1.12 bits per heavy atom. The maximum atomic E-state index is 14.1. The van der Waals surface area contributed by atoms with Crippen molar-refractivity contribution in [1.29, 1.82) is 0 Å². The summed E-state index contributed by atoms with van der Waals surface area (Å²) in [6.45, 7) is 15.3. The lowest BCUT2D eigenvalue weighted by atomic mass is 9.77. The van der Waals surface area contributed by atoms with Gasteiger partial charge in [-0.2, -0.15) is 5.10 Å². The Bertz CT molecular complexity index is 1280. The number of rotatable bonds is 10. The van der Waals surface area contributed by atoms with Crippen LogP contribution in [0, 0.1) is 17.8 Å². The predicted octanol–water partition coefficient (Wildman–Crippen LogP) is 8.26. The van der Waals surface area contributed by atoms with Gasteiger partial charge >= 0.3 is 0 Å². The third kappa shape index (κ3) is 8.03. The minimum Gasteiger partial charge on any atom is -0.497 e. The van der Waals surface area contributed by atoms with E-state index in [2.05, 4.69) is 67.0 Å². The second-order valence-corrected chi connectivity index (χ2v) is 13.3. The SMILES string of the molecule is C=C(/C=C\C(OC)=C(C)C)C1CCC(CN(C(=O)C2CCC(C)(O)CC2)c2cccc(-c3cnn(C(C)C)c3)c2)CC1. The van der Waals surface area contributed by atoms with E-state index in [9.17, 15) is 9.90 Å². The fourth-order valence-corrected chi connectivity index (χ4v) is 6.38. The largest absolute Gasteiger partial charge is 0.497 e. The van der Waals surface area contributed by atoms with Crippen LogP contribution in [0.5, 0.6) is 0 Å².